The molecule has 11 heteroatoms. The zero-order valence-corrected chi connectivity index (χ0v) is 20.9. The van der Waals surface area contributed by atoms with Crippen LogP contribution in [-0.4, -0.2) is 67.9 Å². The molecule has 10 nitrogen and oxygen atoms in total. The van der Waals surface area contributed by atoms with Crippen molar-refractivity contribution in [2.24, 2.45) is 0 Å². The lowest BCUT2D eigenvalue weighted by atomic mass is 10.0. The molecule has 4 aromatic rings. The van der Waals surface area contributed by atoms with Crippen molar-refractivity contribution in [3.63, 3.8) is 0 Å². The fourth-order valence-electron chi connectivity index (χ4n) is 4.53. The van der Waals surface area contributed by atoms with E-state index >= 15 is 0 Å². The highest BCUT2D eigenvalue weighted by Crippen LogP contribution is 2.35. The fraction of sp³-hybridized carbons (Fsp3) is 0.375. The number of ether oxygens (including phenoxy) is 2. The molecule has 4 heterocycles. The molecule has 2 N–H and O–H groups in total. The van der Waals surface area contributed by atoms with Crippen molar-refractivity contribution in [3.05, 3.63) is 42.5 Å². The fourth-order valence-corrected chi connectivity index (χ4v) is 4.99. The summed E-state index contributed by atoms with van der Waals surface area (Å²) < 4.78 is 32.0. The first kappa shape index (κ1) is 23.5. The number of morpholine rings is 1. The molecule has 1 aliphatic heterocycles. The summed E-state index contributed by atoms with van der Waals surface area (Å²) in [5.74, 6) is 1.69. The third-order valence-electron chi connectivity index (χ3n) is 5.85. The minimum Gasteiger partial charge on any atom is -0.480 e. The number of H-pyrrole nitrogens is 1. The SMILES string of the molecule is COc1ncc(-c2cc(-c3ncc(CN4C[C@@H](C)O[C@@H](C)C4)o3)c3cn[nH]c3c2)cc1NS(C)=O. The van der Waals surface area contributed by atoms with Crippen LogP contribution in [0.2, 0.25) is 0 Å². The van der Waals surface area contributed by atoms with Crippen molar-refractivity contribution >= 4 is 27.6 Å². The number of pyridine rings is 1. The Morgan fingerprint density at radius 2 is 1.94 bits per heavy atom. The van der Waals surface area contributed by atoms with E-state index in [1.165, 1.54) is 7.11 Å². The Balaban J connectivity index is 1.49. The van der Waals surface area contributed by atoms with Gasteiger partial charge in [-0.15, -0.1) is 0 Å². The van der Waals surface area contributed by atoms with Crippen molar-refractivity contribution < 1.29 is 18.1 Å². The number of aromatic nitrogens is 4. The lowest BCUT2D eigenvalue weighted by Gasteiger charge is -2.34. The Morgan fingerprint density at radius 3 is 2.69 bits per heavy atom. The number of anilines is 1. The van der Waals surface area contributed by atoms with Gasteiger partial charge in [-0.05, 0) is 37.6 Å². The van der Waals surface area contributed by atoms with E-state index in [4.69, 9.17) is 13.9 Å². The van der Waals surface area contributed by atoms with Crippen LogP contribution in [0.4, 0.5) is 5.69 Å². The van der Waals surface area contributed by atoms with Crippen LogP contribution in [0, 0.1) is 0 Å². The molecule has 1 fully saturated rings. The highest BCUT2D eigenvalue weighted by Gasteiger charge is 2.23. The van der Waals surface area contributed by atoms with Gasteiger partial charge in [-0.1, -0.05) is 0 Å². The number of benzene rings is 1. The number of fused-ring (bicyclic) bond motifs is 1. The van der Waals surface area contributed by atoms with E-state index < -0.39 is 11.0 Å². The van der Waals surface area contributed by atoms with Crippen molar-refractivity contribution in [1.29, 1.82) is 0 Å². The Morgan fingerprint density at radius 1 is 1.14 bits per heavy atom. The van der Waals surface area contributed by atoms with Gasteiger partial charge in [-0.2, -0.15) is 5.10 Å². The highest BCUT2D eigenvalue weighted by molar-refractivity contribution is 7.85. The van der Waals surface area contributed by atoms with Crippen molar-refractivity contribution in [2.75, 3.05) is 31.2 Å². The zero-order valence-electron chi connectivity index (χ0n) is 20.1. The normalized spacial score (nSPS) is 19.7. The van der Waals surface area contributed by atoms with Gasteiger partial charge in [-0.3, -0.25) is 10.00 Å². The Bertz CT molecular complexity index is 1360. The standard InChI is InChI=1S/C24H28N6O4S/c1-14-11-30(12-15(2)33-14)13-18-9-26-23(34-18)19-5-16(6-21-20(19)10-27-28-21)17-7-22(29-35(4)31)24(32-3)25-8-17/h5-10,14-15,29H,11-13H2,1-4H3,(H,27,28)/t14-,15+,35?. The van der Waals surface area contributed by atoms with E-state index in [0.29, 0.717) is 24.0 Å². The number of aromatic amines is 1. The number of hydrogen-bond acceptors (Lipinski definition) is 8. The molecule has 1 aliphatic rings. The molecule has 1 unspecified atom stereocenters. The van der Waals surface area contributed by atoms with Crippen molar-refractivity contribution in [1.82, 2.24) is 25.1 Å². The summed E-state index contributed by atoms with van der Waals surface area (Å²) in [4.78, 5) is 11.3. The Hall–Kier alpha value is -3.28. The molecule has 3 atom stereocenters. The molecule has 0 spiro atoms. The summed E-state index contributed by atoms with van der Waals surface area (Å²) in [6.45, 7) is 6.55. The number of oxazole rings is 1. The quantitative estimate of drug-likeness (QED) is 0.398. The van der Waals surface area contributed by atoms with Gasteiger partial charge in [-0.25, -0.2) is 14.2 Å². The summed E-state index contributed by atoms with van der Waals surface area (Å²) in [5.41, 5.74) is 3.92. The van der Waals surface area contributed by atoms with Crippen LogP contribution >= 0.6 is 0 Å². The third-order valence-corrected chi connectivity index (χ3v) is 6.36. The van der Waals surface area contributed by atoms with Gasteiger partial charge in [0, 0.05) is 42.1 Å². The minimum absolute atomic E-state index is 0.186. The molecule has 35 heavy (non-hydrogen) atoms. The maximum Gasteiger partial charge on any atom is 0.238 e. The Labute approximate surface area is 205 Å². The molecule has 0 aliphatic carbocycles. The predicted octanol–water partition coefficient (Wildman–Crippen LogP) is 3.60. The van der Waals surface area contributed by atoms with Gasteiger partial charge in [0.25, 0.3) is 0 Å². The van der Waals surface area contributed by atoms with Gasteiger partial charge in [0.05, 0.1) is 43.8 Å². The van der Waals surface area contributed by atoms with Crippen molar-refractivity contribution in [2.45, 2.75) is 32.6 Å². The van der Waals surface area contributed by atoms with Gasteiger partial charge in [0.1, 0.15) is 22.4 Å². The second kappa shape index (κ2) is 9.76. The van der Waals surface area contributed by atoms with Gasteiger partial charge < -0.3 is 18.6 Å². The molecule has 1 saturated heterocycles. The number of hydrogen-bond donors (Lipinski definition) is 2. The molecule has 0 saturated carbocycles. The average Bonchev–Trinajstić information content (AvgIpc) is 3.47. The maximum absolute atomic E-state index is 11.8. The number of methoxy groups -OCH3 is 1. The Kier molecular flexibility index (Phi) is 6.54. The molecule has 5 rings (SSSR count). The third kappa shape index (κ3) is 5.07. The van der Waals surface area contributed by atoms with Crippen LogP contribution < -0.4 is 9.46 Å². The van der Waals surface area contributed by atoms with Crippen LogP contribution in [-0.2, 0) is 22.3 Å². The first-order valence-corrected chi connectivity index (χ1v) is 12.9. The van der Waals surface area contributed by atoms with Gasteiger partial charge in [0.2, 0.25) is 11.8 Å². The zero-order chi connectivity index (χ0) is 24.5. The summed E-state index contributed by atoms with van der Waals surface area (Å²) >= 11 is 0. The van der Waals surface area contributed by atoms with Crippen LogP contribution in [0.1, 0.15) is 19.6 Å². The smallest absolute Gasteiger partial charge is 0.238 e. The van der Waals surface area contributed by atoms with Crippen LogP contribution in [0.25, 0.3) is 33.5 Å². The van der Waals surface area contributed by atoms with Gasteiger partial charge >= 0.3 is 0 Å². The van der Waals surface area contributed by atoms with E-state index in [1.807, 2.05) is 18.2 Å². The molecule has 1 aromatic carbocycles. The first-order chi connectivity index (χ1) is 16.9. The number of nitrogens with zero attached hydrogens (tertiary/aromatic N) is 4. The molecule has 0 bridgehead atoms. The van der Waals surface area contributed by atoms with E-state index in [9.17, 15) is 4.21 Å². The van der Waals surface area contributed by atoms with E-state index in [0.717, 1.165) is 46.4 Å². The van der Waals surface area contributed by atoms with E-state index in [1.54, 1.807) is 24.8 Å². The monoisotopic (exact) mass is 496 g/mol. The molecular formula is C24H28N6O4S. The summed E-state index contributed by atoms with van der Waals surface area (Å²) in [5, 5.41) is 8.17. The largest absolute Gasteiger partial charge is 0.480 e. The van der Waals surface area contributed by atoms with Gasteiger partial charge in [0.15, 0.2) is 0 Å². The maximum atomic E-state index is 11.8. The first-order valence-electron chi connectivity index (χ1n) is 11.3. The number of rotatable bonds is 7. The lowest BCUT2D eigenvalue weighted by molar-refractivity contribution is -0.0718. The molecular weight excluding hydrogens is 468 g/mol. The highest BCUT2D eigenvalue weighted by atomic mass is 32.2. The number of nitrogens with one attached hydrogen (secondary N) is 2. The molecule has 3 aromatic heterocycles. The summed E-state index contributed by atoms with van der Waals surface area (Å²) in [6, 6.07) is 5.85. The molecule has 0 radical (unpaired) electrons. The second-order valence-corrected chi connectivity index (χ2v) is 9.89. The summed E-state index contributed by atoms with van der Waals surface area (Å²) in [7, 11) is 0.255. The van der Waals surface area contributed by atoms with E-state index in [2.05, 4.69) is 43.6 Å². The minimum atomic E-state index is -1.27. The second-order valence-electron chi connectivity index (χ2n) is 8.78. The molecule has 184 valence electrons. The van der Waals surface area contributed by atoms with Crippen molar-refractivity contribution in [3.8, 4) is 28.5 Å². The summed E-state index contributed by atoms with van der Waals surface area (Å²) in [6.07, 6.45) is 7.19. The van der Waals surface area contributed by atoms with Crippen LogP contribution in [0.3, 0.4) is 0 Å². The average molecular weight is 497 g/mol. The van der Waals surface area contributed by atoms with Crippen LogP contribution in [0.15, 0.2) is 41.2 Å². The van der Waals surface area contributed by atoms with Crippen LogP contribution in [0.5, 0.6) is 5.88 Å². The molecule has 0 amide bonds. The lowest BCUT2D eigenvalue weighted by Crippen LogP contribution is -2.44. The van der Waals surface area contributed by atoms with E-state index in [-0.39, 0.29) is 12.2 Å². The predicted molar refractivity (Wildman–Crippen MR) is 134 cm³/mol. The topological polar surface area (TPSA) is 118 Å².